The Bertz CT molecular complexity index is 344. The quantitative estimate of drug-likeness (QED) is 0.680. The highest BCUT2D eigenvalue weighted by Gasteiger charge is 2.28. The molecule has 1 atom stereocenters. The number of hydrogen-bond donors (Lipinski definition) is 1. The van der Waals surface area contributed by atoms with E-state index >= 15 is 0 Å². The van der Waals surface area contributed by atoms with Crippen LogP contribution < -0.4 is 5.32 Å². The first-order valence-corrected chi connectivity index (χ1v) is 8.85. The first kappa shape index (κ1) is 16.9. The molecular formula is C13H28N2O3S. The number of hydrogen-bond acceptors (Lipinski definition) is 4. The van der Waals surface area contributed by atoms with Crippen LogP contribution in [-0.2, 0) is 14.8 Å². The second-order valence-corrected chi connectivity index (χ2v) is 7.53. The number of rotatable bonds is 8. The molecule has 6 heteroatoms. The van der Waals surface area contributed by atoms with Crippen molar-refractivity contribution in [2.75, 3.05) is 38.6 Å². The fourth-order valence-electron chi connectivity index (χ4n) is 2.29. The predicted molar refractivity (Wildman–Crippen MR) is 77.7 cm³/mol. The highest BCUT2D eigenvalue weighted by Crippen LogP contribution is 2.19. The monoisotopic (exact) mass is 292 g/mol. The Hall–Kier alpha value is -0.170. The van der Waals surface area contributed by atoms with Crippen LogP contribution in [0, 0.1) is 5.92 Å². The summed E-state index contributed by atoms with van der Waals surface area (Å²) in [5.41, 5.74) is 0. The topological polar surface area (TPSA) is 58.6 Å². The minimum absolute atomic E-state index is 0.102. The van der Waals surface area contributed by atoms with Gasteiger partial charge in [-0.15, -0.1) is 0 Å². The van der Waals surface area contributed by atoms with E-state index < -0.39 is 10.0 Å². The molecule has 0 radical (unpaired) electrons. The summed E-state index contributed by atoms with van der Waals surface area (Å²) in [4.78, 5) is 0. The number of nitrogens with one attached hydrogen (secondary N) is 1. The SMILES string of the molecule is CCOCCS(=O)(=O)N1CCCC(CNC(C)C)C1. The van der Waals surface area contributed by atoms with Gasteiger partial charge in [0, 0.05) is 25.7 Å². The van der Waals surface area contributed by atoms with Crippen molar-refractivity contribution in [2.24, 2.45) is 5.92 Å². The molecule has 114 valence electrons. The maximum Gasteiger partial charge on any atom is 0.216 e. The Morgan fingerprint density at radius 1 is 1.42 bits per heavy atom. The van der Waals surface area contributed by atoms with Gasteiger partial charge in [0.1, 0.15) is 0 Å². The van der Waals surface area contributed by atoms with Crippen molar-refractivity contribution in [2.45, 2.75) is 39.7 Å². The van der Waals surface area contributed by atoms with Gasteiger partial charge in [0.2, 0.25) is 10.0 Å². The van der Waals surface area contributed by atoms with E-state index in [1.54, 1.807) is 4.31 Å². The zero-order chi connectivity index (χ0) is 14.3. The van der Waals surface area contributed by atoms with Gasteiger partial charge in [0.15, 0.2) is 0 Å². The minimum Gasteiger partial charge on any atom is -0.381 e. The molecule has 5 nitrogen and oxygen atoms in total. The van der Waals surface area contributed by atoms with Crippen molar-refractivity contribution < 1.29 is 13.2 Å². The summed E-state index contributed by atoms with van der Waals surface area (Å²) in [5.74, 6) is 0.531. The molecule has 19 heavy (non-hydrogen) atoms. The summed E-state index contributed by atoms with van der Waals surface area (Å²) < 4.78 is 31.1. The van der Waals surface area contributed by atoms with Crippen LogP contribution in [0.25, 0.3) is 0 Å². The van der Waals surface area contributed by atoms with Gasteiger partial charge in [-0.3, -0.25) is 0 Å². The summed E-state index contributed by atoms with van der Waals surface area (Å²) in [7, 11) is -3.15. The average Bonchev–Trinajstić information content (AvgIpc) is 2.37. The Kier molecular flexibility index (Phi) is 7.28. The summed E-state index contributed by atoms with van der Waals surface area (Å²) >= 11 is 0. The van der Waals surface area contributed by atoms with Gasteiger partial charge in [-0.25, -0.2) is 12.7 Å². The van der Waals surface area contributed by atoms with Gasteiger partial charge in [-0.1, -0.05) is 13.8 Å². The molecule has 0 spiro atoms. The fourth-order valence-corrected chi connectivity index (χ4v) is 3.72. The van der Waals surface area contributed by atoms with E-state index in [9.17, 15) is 8.42 Å². The van der Waals surface area contributed by atoms with E-state index in [0.717, 1.165) is 19.4 Å². The van der Waals surface area contributed by atoms with Crippen LogP contribution in [0.2, 0.25) is 0 Å². The van der Waals surface area contributed by atoms with Gasteiger partial charge in [0.05, 0.1) is 12.4 Å². The standard InChI is InChI=1S/C13H28N2O3S/c1-4-18-8-9-19(16,17)15-7-5-6-13(11-15)10-14-12(2)3/h12-14H,4-11H2,1-3H3. The van der Waals surface area contributed by atoms with E-state index in [1.807, 2.05) is 6.92 Å². The van der Waals surface area contributed by atoms with Gasteiger partial charge >= 0.3 is 0 Å². The molecule has 0 bridgehead atoms. The van der Waals surface area contributed by atoms with Gasteiger partial charge in [-0.05, 0) is 32.2 Å². The van der Waals surface area contributed by atoms with Crippen molar-refractivity contribution in [3.8, 4) is 0 Å². The number of nitrogens with zero attached hydrogens (tertiary/aromatic N) is 1. The highest BCUT2D eigenvalue weighted by atomic mass is 32.2. The van der Waals surface area contributed by atoms with Crippen molar-refractivity contribution in [3.05, 3.63) is 0 Å². The van der Waals surface area contributed by atoms with Gasteiger partial charge in [0.25, 0.3) is 0 Å². The van der Waals surface area contributed by atoms with Crippen molar-refractivity contribution in [3.63, 3.8) is 0 Å². The van der Waals surface area contributed by atoms with Crippen LogP contribution in [0.4, 0.5) is 0 Å². The van der Waals surface area contributed by atoms with Crippen LogP contribution in [0.1, 0.15) is 33.6 Å². The molecule has 0 saturated carbocycles. The molecule has 1 N–H and O–H groups in total. The molecule has 1 heterocycles. The second-order valence-electron chi connectivity index (χ2n) is 5.44. The normalized spacial score (nSPS) is 22.0. The lowest BCUT2D eigenvalue weighted by molar-refractivity contribution is 0.161. The molecule has 1 aliphatic rings. The number of ether oxygens (including phenoxy) is 1. The van der Waals surface area contributed by atoms with E-state index in [-0.39, 0.29) is 5.75 Å². The third-order valence-corrected chi connectivity index (χ3v) is 5.18. The first-order chi connectivity index (χ1) is 8.95. The zero-order valence-electron chi connectivity index (χ0n) is 12.4. The Balaban J connectivity index is 2.44. The molecule has 0 aliphatic carbocycles. The second kappa shape index (κ2) is 8.19. The van der Waals surface area contributed by atoms with Crippen LogP contribution in [0.3, 0.4) is 0 Å². The molecule has 0 aromatic rings. The Morgan fingerprint density at radius 3 is 2.79 bits per heavy atom. The molecule has 0 aromatic carbocycles. The molecule has 1 rings (SSSR count). The lowest BCUT2D eigenvalue weighted by Gasteiger charge is -2.32. The highest BCUT2D eigenvalue weighted by molar-refractivity contribution is 7.89. The van der Waals surface area contributed by atoms with Crippen LogP contribution in [0.5, 0.6) is 0 Å². The summed E-state index contributed by atoms with van der Waals surface area (Å²) in [6, 6.07) is 0.449. The number of sulfonamides is 1. The molecule has 1 unspecified atom stereocenters. The predicted octanol–water partition coefficient (Wildman–Crippen LogP) is 1.06. The maximum absolute atomic E-state index is 12.2. The molecular weight excluding hydrogens is 264 g/mol. The summed E-state index contributed by atoms with van der Waals surface area (Å²) in [6.45, 7) is 9.16. The maximum atomic E-state index is 12.2. The third-order valence-electron chi connectivity index (χ3n) is 3.38. The van der Waals surface area contributed by atoms with Crippen molar-refractivity contribution in [1.82, 2.24) is 9.62 Å². The Morgan fingerprint density at radius 2 is 2.16 bits per heavy atom. The largest absolute Gasteiger partial charge is 0.381 e. The molecule has 1 aliphatic heterocycles. The van der Waals surface area contributed by atoms with Crippen LogP contribution in [0.15, 0.2) is 0 Å². The Labute approximate surface area is 117 Å². The van der Waals surface area contributed by atoms with E-state index in [4.69, 9.17) is 4.74 Å². The average molecular weight is 292 g/mol. The van der Waals surface area contributed by atoms with E-state index in [1.165, 1.54) is 0 Å². The van der Waals surface area contributed by atoms with Gasteiger partial charge in [-0.2, -0.15) is 0 Å². The third kappa shape index (κ3) is 6.21. The lowest BCUT2D eigenvalue weighted by Crippen LogP contribution is -2.44. The van der Waals surface area contributed by atoms with Crippen molar-refractivity contribution >= 4 is 10.0 Å². The fraction of sp³-hybridized carbons (Fsp3) is 1.00. The molecule has 0 amide bonds. The first-order valence-electron chi connectivity index (χ1n) is 7.24. The summed E-state index contributed by atoms with van der Waals surface area (Å²) in [5, 5.41) is 3.39. The van der Waals surface area contributed by atoms with Crippen LogP contribution >= 0.6 is 0 Å². The molecule has 0 aromatic heterocycles. The van der Waals surface area contributed by atoms with Crippen LogP contribution in [-0.4, -0.2) is 57.4 Å². The van der Waals surface area contributed by atoms with Crippen molar-refractivity contribution in [1.29, 1.82) is 0 Å². The van der Waals surface area contributed by atoms with E-state index in [2.05, 4.69) is 19.2 Å². The summed E-state index contributed by atoms with van der Waals surface area (Å²) in [6.07, 6.45) is 2.06. The minimum atomic E-state index is -3.15. The molecule has 1 saturated heterocycles. The smallest absolute Gasteiger partial charge is 0.216 e. The zero-order valence-corrected chi connectivity index (χ0v) is 13.2. The number of piperidine rings is 1. The van der Waals surface area contributed by atoms with E-state index in [0.29, 0.717) is 38.3 Å². The van der Waals surface area contributed by atoms with Gasteiger partial charge < -0.3 is 10.1 Å². The molecule has 1 fully saturated rings. The lowest BCUT2D eigenvalue weighted by atomic mass is 9.99.